The maximum Gasteiger partial charge on any atom is 0.168 e. The molecule has 5 nitrogen and oxygen atoms in total. The number of benzene rings is 1. The summed E-state index contributed by atoms with van der Waals surface area (Å²) in [6.07, 6.45) is 1.68. The standard InChI is InChI=1S/C12H11ClN4O/c1-18-10-4-2-9(3-5-10)8-14-16-12-7-6-11(13)15-17-12/h2-8H,1H3,(H,16,17)/b14-8+. The molecule has 0 aliphatic carbocycles. The van der Waals surface area contributed by atoms with Crippen molar-refractivity contribution in [2.45, 2.75) is 0 Å². The molecule has 0 unspecified atom stereocenters. The molecule has 1 heterocycles. The van der Waals surface area contributed by atoms with Crippen molar-refractivity contribution in [1.82, 2.24) is 10.2 Å². The highest BCUT2D eigenvalue weighted by Crippen LogP contribution is 2.10. The van der Waals surface area contributed by atoms with Gasteiger partial charge < -0.3 is 4.74 Å². The summed E-state index contributed by atoms with van der Waals surface area (Å²) in [4.78, 5) is 0. The number of aromatic nitrogens is 2. The maximum atomic E-state index is 5.62. The normalized spacial score (nSPS) is 10.6. The lowest BCUT2D eigenvalue weighted by atomic mass is 10.2. The Morgan fingerprint density at radius 1 is 1.17 bits per heavy atom. The second-order valence-corrected chi connectivity index (χ2v) is 3.77. The number of anilines is 1. The number of hydrogen-bond acceptors (Lipinski definition) is 5. The quantitative estimate of drug-likeness (QED) is 0.680. The van der Waals surface area contributed by atoms with Crippen LogP contribution >= 0.6 is 11.6 Å². The molecule has 0 aliphatic heterocycles. The predicted octanol–water partition coefficient (Wildman–Crippen LogP) is 2.58. The fourth-order valence-corrected chi connectivity index (χ4v) is 1.34. The van der Waals surface area contributed by atoms with E-state index in [1.165, 1.54) is 0 Å². The SMILES string of the molecule is COc1ccc(/C=N/Nc2ccc(Cl)nn2)cc1. The van der Waals surface area contributed by atoms with Crippen LogP contribution in [0.3, 0.4) is 0 Å². The first-order valence-electron chi connectivity index (χ1n) is 5.20. The third kappa shape index (κ3) is 3.43. The van der Waals surface area contributed by atoms with Crippen molar-refractivity contribution < 1.29 is 4.74 Å². The molecule has 0 saturated carbocycles. The number of methoxy groups -OCH3 is 1. The molecule has 1 aromatic heterocycles. The Morgan fingerprint density at radius 2 is 1.94 bits per heavy atom. The fraction of sp³-hybridized carbons (Fsp3) is 0.0833. The Balaban J connectivity index is 1.96. The van der Waals surface area contributed by atoms with Crippen LogP contribution in [0.5, 0.6) is 5.75 Å². The zero-order valence-electron chi connectivity index (χ0n) is 9.67. The Labute approximate surface area is 109 Å². The zero-order valence-corrected chi connectivity index (χ0v) is 10.4. The summed E-state index contributed by atoms with van der Waals surface area (Å²) < 4.78 is 5.06. The van der Waals surface area contributed by atoms with E-state index in [-0.39, 0.29) is 0 Å². The highest BCUT2D eigenvalue weighted by atomic mass is 35.5. The Kier molecular flexibility index (Phi) is 4.09. The topological polar surface area (TPSA) is 59.4 Å². The summed E-state index contributed by atoms with van der Waals surface area (Å²) in [7, 11) is 1.63. The van der Waals surface area contributed by atoms with Crippen LogP contribution in [0.15, 0.2) is 41.5 Å². The Bertz CT molecular complexity index is 525. The molecule has 0 atom stereocenters. The first-order chi connectivity index (χ1) is 8.78. The summed E-state index contributed by atoms with van der Waals surface area (Å²) in [5.74, 6) is 1.34. The van der Waals surface area contributed by atoms with Gasteiger partial charge in [0.05, 0.1) is 13.3 Å². The van der Waals surface area contributed by atoms with Crippen molar-refractivity contribution >= 4 is 23.6 Å². The lowest BCUT2D eigenvalue weighted by Gasteiger charge is -1.99. The van der Waals surface area contributed by atoms with E-state index in [2.05, 4.69) is 20.7 Å². The van der Waals surface area contributed by atoms with Crippen molar-refractivity contribution in [2.24, 2.45) is 5.10 Å². The molecule has 0 fully saturated rings. The van der Waals surface area contributed by atoms with E-state index in [9.17, 15) is 0 Å². The average molecular weight is 263 g/mol. The van der Waals surface area contributed by atoms with Crippen LogP contribution in [-0.2, 0) is 0 Å². The smallest absolute Gasteiger partial charge is 0.168 e. The van der Waals surface area contributed by atoms with E-state index >= 15 is 0 Å². The monoisotopic (exact) mass is 262 g/mol. The van der Waals surface area contributed by atoms with Crippen LogP contribution in [0.25, 0.3) is 0 Å². The lowest BCUT2D eigenvalue weighted by molar-refractivity contribution is 0.415. The minimum absolute atomic E-state index is 0.347. The number of ether oxygens (including phenoxy) is 1. The maximum absolute atomic E-state index is 5.62. The van der Waals surface area contributed by atoms with E-state index in [0.717, 1.165) is 11.3 Å². The molecular weight excluding hydrogens is 252 g/mol. The molecule has 92 valence electrons. The molecule has 2 aromatic rings. The minimum Gasteiger partial charge on any atom is -0.497 e. The van der Waals surface area contributed by atoms with Crippen molar-refractivity contribution in [2.75, 3.05) is 12.5 Å². The molecular formula is C12H11ClN4O. The fourth-order valence-electron chi connectivity index (χ4n) is 1.24. The lowest BCUT2D eigenvalue weighted by Crippen LogP contribution is -1.95. The van der Waals surface area contributed by atoms with E-state index in [1.807, 2.05) is 24.3 Å². The summed E-state index contributed by atoms with van der Waals surface area (Å²) in [5, 5.41) is 11.9. The van der Waals surface area contributed by atoms with Crippen LogP contribution in [0, 0.1) is 0 Å². The van der Waals surface area contributed by atoms with E-state index < -0.39 is 0 Å². The van der Waals surface area contributed by atoms with Crippen molar-refractivity contribution in [3.05, 3.63) is 47.1 Å². The van der Waals surface area contributed by atoms with E-state index in [4.69, 9.17) is 16.3 Å². The van der Waals surface area contributed by atoms with E-state index in [0.29, 0.717) is 11.0 Å². The van der Waals surface area contributed by atoms with Gasteiger partial charge in [-0.05, 0) is 42.0 Å². The van der Waals surface area contributed by atoms with Crippen LogP contribution in [0.4, 0.5) is 5.82 Å². The number of nitrogens with one attached hydrogen (secondary N) is 1. The molecule has 0 bridgehead atoms. The third-order valence-electron chi connectivity index (χ3n) is 2.14. The molecule has 0 saturated heterocycles. The molecule has 0 spiro atoms. The van der Waals surface area contributed by atoms with Gasteiger partial charge in [0.2, 0.25) is 0 Å². The van der Waals surface area contributed by atoms with Gasteiger partial charge in [0.15, 0.2) is 11.0 Å². The average Bonchev–Trinajstić information content (AvgIpc) is 2.42. The van der Waals surface area contributed by atoms with Crippen LogP contribution in [0.2, 0.25) is 5.15 Å². The number of nitrogens with zero attached hydrogens (tertiary/aromatic N) is 3. The van der Waals surface area contributed by atoms with E-state index in [1.54, 1.807) is 25.5 Å². The molecule has 0 amide bonds. The summed E-state index contributed by atoms with van der Waals surface area (Å²) in [5.41, 5.74) is 3.70. The van der Waals surface area contributed by atoms with Crippen molar-refractivity contribution in [3.8, 4) is 5.75 Å². The van der Waals surface area contributed by atoms with Gasteiger partial charge in [0.1, 0.15) is 5.75 Å². The van der Waals surface area contributed by atoms with Crippen LogP contribution in [-0.4, -0.2) is 23.5 Å². The van der Waals surface area contributed by atoms with Gasteiger partial charge in [-0.1, -0.05) is 11.6 Å². The second-order valence-electron chi connectivity index (χ2n) is 3.38. The number of rotatable bonds is 4. The van der Waals surface area contributed by atoms with Gasteiger partial charge in [-0.25, -0.2) is 0 Å². The number of halogens is 1. The van der Waals surface area contributed by atoms with Gasteiger partial charge in [0.25, 0.3) is 0 Å². The molecule has 1 aromatic carbocycles. The molecule has 0 aliphatic rings. The first-order valence-corrected chi connectivity index (χ1v) is 5.58. The molecule has 6 heteroatoms. The number of hydrogen-bond donors (Lipinski definition) is 1. The van der Waals surface area contributed by atoms with Gasteiger partial charge in [-0.15, -0.1) is 10.2 Å². The molecule has 2 rings (SSSR count). The van der Waals surface area contributed by atoms with Crippen LogP contribution in [0.1, 0.15) is 5.56 Å². The Hall–Kier alpha value is -2.14. The highest BCUT2D eigenvalue weighted by Gasteiger charge is 1.93. The predicted molar refractivity (Wildman–Crippen MR) is 71.3 cm³/mol. The minimum atomic E-state index is 0.347. The number of hydrazone groups is 1. The van der Waals surface area contributed by atoms with Gasteiger partial charge in [-0.2, -0.15) is 5.10 Å². The summed E-state index contributed by atoms with van der Waals surface area (Å²) in [6, 6.07) is 10.9. The highest BCUT2D eigenvalue weighted by molar-refractivity contribution is 6.29. The first kappa shape index (κ1) is 12.3. The molecule has 1 N–H and O–H groups in total. The summed E-state index contributed by atoms with van der Waals surface area (Å²) in [6.45, 7) is 0. The van der Waals surface area contributed by atoms with Gasteiger partial charge >= 0.3 is 0 Å². The second kappa shape index (κ2) is 5.97. The largest absolute Gasteiger partial charge is 0.497 e. The third-order valence-corrected chi connectivity index (χ3v) is 2.34. The van der Waals surface area contributed by atoms with Crippen LogP contribution < -0.4 is 10.2 Å². The van der Waals surface area contributed by atoms with Crippen molar-refractivity contribution in [3.63, 3.8) is 0 Å². The van der Waals surface area contributed by atoms with Crippen molar-refractivity contribution in [1.29, 1.82) is 0 Å². The molecule has 0 radical (unpaired) electrons. The summed E-state index contributed by atoms with van der Waals surface area (Å²) >= 11 is 5.62. The van der Waals surface area contributed by atoms with Gasteiger partial charge in [-0.3, -0.25) is 5.43 Å². The zero-order chi connectivity index (χ0) is 12.8. The van der Waals surface area contributed by atoms with Gasteiger partial charge in [0, 0.05) is 0 Å². The Morgan fingerprint density at radius 3 is 2.56 bits per heavy atom. The molecule has 18 heavy (non-hydrogen) atoms.